The molecule has 0 saturated heterocycles. The summed E-state index contributed by atoms with van der Waals surface area (Å²) < 4.78 is 0. The average Bonchev–Trinajstić information content (AvgIpc) is 1.89. The van der Waals surface area contributed by atoms with Crippen LogP contribution in [0.2, 0.25) is 0 Å². The van der Waals surface area contributed by atoms with Crippen molar-refractivity contribution in [2.24, 2.45) is 0 Å². The van der Waals surface area contributed by atoms with Crippen LogP contribution in [-0.4, -0.2) is 7.02 Å². The van der Waals surface area contributed by atoms with E-state index in [1.165, 1.54) is 10.8 Å². The molecule has 0 fully saturated rings. The van der Waals surface area contributed by atoms with E-state index in [2.05, 4.69) is 53.0 Å². The summed E-state index contributed by atoms with van der Waals surface area (Å²) in [7, 11) is 0.899. The fraction of sp³-hybridized carbons (Fsp3) is 0.143. The molecule has 0 nitrogen and oxygen atoms in total. The first-order chi connectivity index (χ1) is 4.34. The Morgan fingerprint density at radius 3 is 2.44 bits per heavy atom. The number of aryl methyl sites for hydroxylation is 1. The molecule has 2 heteroatoms. The van der Waals surface area contributed by atoms with Crippen LogP contribution >= 0.6 is 21.8 Å². The van der Waals surface area contributed by atoms with Crippen LogP contribution in [-0.2, 0) is 0 Å². The van der Waals surface area contributed by atoms with Crippen molar-refractivity contribution >= 4 is 34.0 Å². The van der Waals surface area contributed by atoms with Crippen molar-refractivity contribution in [3.63, 3.8) is 0 Å². The van der Waals surface area contributed by atoms with Crippen molar-refractivity contribution in [1.82, 2.24) is 0 Å². The Bertz CT molecular complexity index is 198. The minimum Gasteiger partial charge on any atom is -0.117 e. The standard InChI is InChI=1S/C7H7ISi/c1-6-4-2-3-5-7(6)9-8/h2-5H,1H3. The first-order valence-electron chi connectivity index (χ1n) is 2.77. The second kappa shape index (κ2) is 3.36. The van der Waals surface area contributed by atoms with E-state index in [0.29, 0.717) is 0 Å². The van der Waals surface area contributed by atoms with Crippen LogP contribution in [0, 0.1) is 6.92 Å². The van der Waals surface area contributed by atoms with E-state index in [1.807, 2.05) is 0 Å². The molecular weight excluding hydrogens is 239 g/mol. The van der Waals surface area contributed by atoms with Crippen LogP contribution in [0.25, 0.3) is 0 Å². The lowest BCUT2D eigenvalue weighted by molar-refractivity contribution is 1.52. The highest BCUT2D eigenvalue weighted by Gasteiger charge is 1.92. The van der Waals surface area contributed by atoms with Gasteiger partial charge in [-0.25, -0.2) is 0 Å². The largest absolute Gasteiger partial charge is 0.169 e. The Morgan fingerprint density at radius 2 is 2.00 bits per heavy atom. The fourth-order valence-corrected chi connectivity index (χ4v) is 2.89. The molecule has 0 spiro atoms. The summed E-state index contributed by atoms with van der Waals surface area (Å²) >= 11 is 2.41. The van der Waals surface area contributed by atoms with Gasteiger partial charge in [-0.05, 0) is 12.1 Å². The predicted octanol–water partition coefficient (Wildman–Crippen LogP) is 1.67. The van der Waals surface area contributed by atoms with Gasteiger partial charge in [-0.15, -0.1) is 21.8 Å². The van der Waals surface area contributed by atoms with Crippen molar-refractivity contribution < 1.29 is 0 Å². The van der Waals surface area contributed by atoms with Crippen molar-refractivity contribution in [3.8, 4) is 0 Å². The van der Waals surface area contributed by atoms with E-state index in [4.69, 9.17) is 0 Å². The van der Waals surface area contributed by atoms with E-state index < -0.39 is 0 Å². The first-order valence-corrected chi connectivity index (χ1v) is 6.88. The Balaban J connectivity index is 3.01. The molecule has 0 saturated carbocycles. The van der Waals surface area contributed by atoms with E-state index in [1.54, 1.807) is 0 Å². The van der Waals surface area contributed by atoms with Gasteiger partial charge < -0.3 is 0 Å². The quantitative estimate of drug-likeness (QED) is 0.402. The molecule has 2 radical (unpaired) electrons. The molecule has 0 aliphatic carbocycles. The Kier molecular flexibility index (Phi) is 2.72. The molecular formula is C7H7ISi. The SMILES string of the molecule is Cc1ccccc1[Si]I. The summed E-state index contributed by atoms with van der Waals surface area (Å²) in [6.45, 7) is 2.15. The lowest BCUT2D eigenvalue weighted by Crippen LogP contribution is -2.10. The Morgan fingerprint density at radius 1 is 1.33 bits per heavy atom. The van der Waals surface area contributed by atoms with Crippen molar-refractivity contribution in [1.29, 1.82) is 0 Å². The molecule has 0 unspecified atom stereocenters. The molecule has 0 heterocycles. The second-order valence-electron chi connectivity index (χ2n) is 1.91. The van der Waals surface area contributed by atoms with E-state index in [9.17, 15) is 0 Å². The highest BCUT2D eigenvalue weighted by Crippen LogP contribution is 1.93. The molecule has 9 heavy (non-hydrogen) atoms. The maximum absolute atomic E-state index is 2.41. The normalized spacial score (nSPS) is 9.56. The lowest BCUT2D eigenvalue weighted by Gasteiger charge is -1.96. The van der Waals surface area contributed by atoms with Gasteiger partial charge in [-0.1, -0.05) is 29.8 Å². The van der Waals surface area contributed by atoms with Crippen molar-refractivity contribution in [2.75, 3.05) is 0 Å². The second-order valence-corrected chi connectivity index (χ2v) is 4.26. The van der Waals surface area contributed by atoms with Gasteiger partial charge in [0.1, 0.15) is 0 Å². The van der Waals surface area contributed by atoms with Crippen LogP contribution in [0.4, 0.5) is 0 Å². The number of benzene rings is 1. The molecule has 0 atom stereocenters. The molecule has 0 aliphatic heterocycles. The summed E-state index contributed by atoms with van der Waals surface area (Å²) in [4.78, 5) is 0. The van der Waals surface area contributed by atoms with Crippen LogP contribution < -0.4 is 5.19 Å². The minimum absolute atomic E-state index is 0.899. The molecule has 0 aromatic heterocycles. The van der Waals surface area contributed by atoms with Gasteiger partial charge in [0.15, 0.2) is 7.02 Å². The van der Waals surface area contributed by atoms with E-state index >= 15 is 0 Å². The molecule has 1 aromatic rings. The zero-order valence-corrected chi connectivity index (χ0v) is 8.34. The number of halogens is 1. The topological polar surface area (TPSA) is 0 Å². The molecule has 46 valence electrons. The Labute approximate surface area is 70.7 Å². The highest BCUT2D eigenvalue weighted by atomic mass is 127. The Hall–Kier alpha value is 0.167. The zero-order valence-electron chi connectivity index (χ0n) is 5.19. The monoisotopic (exact) mass is 246 g/mol. The zero-order chi connectivity index (χ0) is 6.69. The molecule has 1 aromatic carbocycles. The molecule has 0 N–H and O–H groups in total. The van der Waals surface area contributed by atoms with Crippen LogP contribution in [0.5, 0.6) is 0 Å². The first kappa shape index (κ1) is 7.28. The van der Waals surface area contributed by atoms with Crippen LogP contribution in [0.1, 0.15) is 5.56 Å². The van der Waals surface area contributed by atoms with Gasteiger partial charge >= 0.3 is 0 Å². The number of rotatable bonds is 1. The van der Waals surface area contributed by atoms with Crippen LogP contribution in [0.15, 0.2) is 24.3 Å². The predicted molar refractivity (Wildman–Crippen MR) is 50.6 cm³/mol. The van der Waals surface area contributed by atoms with Gasteiger partial charge in [0, 0.05) is 0 Å². The van der Waals surface area contributed by atoms with Gasteiger partial charge in [0.05, 0.1) is 0 Å². The fourth-order valence-electron chi connectivity index (χ4n) is 0.679. The van der Waals surface area contributed by atoms with Gasteiger partial charge in [0.2, 0.25) is 0 Å². The summed E-state index contributed by atoms with van der Waals surface area (Å²) in [6, 6.07) is 8.50. The highest BCUT2D eigenvalue weighted by molar-refractivity contribution is 14.1. The van der Waals surface area contributed by atoms with Crippen molar-refractivity contribution in [3.05, 3.63) is 29.8 Å². The van der Waals surface area contributed by atoms with E-state index in [0.717, 1.165) is 7.02 Å². The molecule has 0 aliphatic rings. The summed E-state index contributed by atoms with van der Waals surface area (Å²) in [5, 5.41) is 1.47. The summed E-state index contributed by atoms with van der Waals surface area (Å²) in [5.41, 5.74) is 1.41. The molecule has 0 bridgehead atoms. The van der Waals surface area contributed by atoms with Crippen molar-refractivity contribution in [2.45, 2.75) is 6.92 Å². The maximum atomic E-state index is 2.41. The smallest absolute Gasteiger partial charge is 0.117 e. The molecule has 1 rings (SSSR count). The maximum Gasteiger partial charge on any atom is 0.169 e. The minimum atomic E-state index is 0.899. The van der Waals surface area contributed by atoms with Gasteiger partial charge in [-0.2, -0.15) is 0 Å². The van der Waals surface area contributed by atoms with Crippen LogP contribution in [0.3, 0.4) is 0 Å². The summed E-state index contributed by atoms with van der Waals surface area (Å²) in [5.74, 6) is 0. The number of hydrogen-bond acceptors (Lipinski definition) is 0. The number of hydrogen-bond donors (Lipinski definition) is 0. The third kappa shape index (κ3) is 1.79. The van der Waals surface area contributed by atoms with E-state index in [-0.39, 0.29) is 0 Å². The van der Waals surface area contributed by atoms with Gasteiger partial charge in [-0.3, -0.25) is 0 Å². The lowest BCUT2D eigenvalue weighted by atomic mass is 10.2. The van der Waals surface area contributed by atoms with Gasteiger partial charge in [0.25, 0.3) is 0 Å². The molecule has 0 amide bonds. The summed E-state index contributed by atoms with van der Waals surface area (Å²) in [6.07, 6.45) is 0. The third-order valence-corrected chi connectivity index (χ3v) is 3.75. The third-order valence-electron chi connectivity index (χ3n) is 1.25. The average molecular weight is 246 g/mol.